The molecular weight excluding hydrogens is 312 g/mol. The summed E-state index contributed by atoms with van der Waals surface area (Å²) in [4.78, 5) is 18.1. The molecule has 0 atom stereocenters. The molecule has 1 aromatic carbocycles. The van der Waals surface area contributed by atoms with Gasteiger partial charge in [-0.3, -0.25) is 4.79 Å². The summed E-state index contributed by atoms with van der Waals surface area (Å²) in [5, 5.41) is 0.910. The van der Waals surface area contributed by atoms with E-state index in [1.807, 2.05) is 25.1 Å². The Hall–Kier alpha value is -1.95. The van der Waals surface area contributed by atoms with E-state index in [4.69, 9.17) is 0 Å². The Labute approximate surface area is 136 Å². The molecule has 2 heterocycles. The van der Waals surface area contributed by atoms with Crippen LogP contribution in [0.1, 0.15) is 24.8 Å². The summed E-state index contributed by atoms with van der Waals surface area (Å²) in [5.74, 6) is -0.824. The van der Waals surface area contributed by atoms with E-state index in [0.29, 0.717) is 18.6 Å². The van der Waals surface area contributed by atoms with Crippen molar-refractivity contribution in [1.82, 2.24) is 9.88 Å². The number of amides is 1. The minimum absolute atomic E-state index is 0.0148. The number of likely N-dealkylation sites (tertiary alicyclic amines) is 1. The van der Waals surface area contributed by atoms with Gasteiger partial charge >= 0.3 is 0 Å². The number of benzene rings is 1. The minimum Gasteiger partial charge on any atom is -0.342 e. The van der Waals surface area contributed by atoms with E-state index in [9.17, 15) is 13.2 Å². The monoisotopic (exact) mass is 332 g/mol. The molecule has 1 aliphatic heterocycles. The van der Waals surface area contributed by atoms with Gasteiger partial charge in [-0.15, -0.1) is 0 Å². The van der Waals surface area contributed by atoms with Crippen LogP contribution in [-0.2, 0) is 14.6 Å². The van der Waals surface area contributed by atoms with Crippen LogP contribution in [0.5, 0.6) is 0 Å². The number of piperidine rings is 1. The first-order valence-electron chi connectivity index (χ1n) is 7.84. The number of carbonyl (C=O) groups excluding carboxylic acids is 1. The third kappa shape index (κ3) is 3.37. The lowest BCUT2D eigenvalue weighted by atomic mass is 10.1. The average Bonchev–Trinajstić information content (AvgIpc) is 2.55. The Morgan fingerprint density at radius 3 is 2.61 bits per heavy atom. The SMILES string of the molecule is Cc1cc(S(=O)(=O)CC(=O)N2CCCCC2)nc2ccccc12. The van der Waals surface area contributed by atoms with Gasteiger partial charge in [-0.05, 0) is 43.9 Å². The summed E-state index contributed by atoms with van der Waals surface area (Å²) in [6, 6.07) is 8.97. The third-order valence-electron chi connectivity index (χ3n) is 4.24. The van der Waals surface area contributed by atoms with Crippen molar-refractivity contribution in [3.8, 4) is 0 Å². The van der Waals surface area contributed by atoms with E-state index in [1.54, 1.807) is 17.0 Å². The fraction of sp³-hybridized carbons (Fsp3) is 0.412. The number of carbonyl (C=O) groups is 1. The van der Waals surface area contributed by atoms with Crippen molar-refractivity contribution in [3.05, 3.63) is 35.9 Å². The van der Waals surface area contributed by atoms with Crippen LogP contribution < -0.4 is 0 Å². The van der Waals surface area contributed by atoms with Crippen LogP contribution in [0.15, 0.2) is 35.4 Å². The molecule has 3 rings (SSSR count). The lowest BCUT2D eigenvalue weighted by molar-refractivity contribution is -0.129. The maximum Gasteiger partial charge on any atom is 0.238 e. The van der Waals surface area contributed by atoms with Gasteiger partial charge in [0.05, 0.1) is 5.52 Å². The van der Waals surface area contributed by atoms with Gasteiger partial charge in [-0.2, -0.15) is 0 Å². The van der Waals surface area contributed by atoms with Crippen molar-refractivity contribution in [2.75, 3.05) is 18.8 Å². The molecule has 0 aliphatic carbocycles. The predicted octanol–water partition coefficient (Wildman–Crippen LogP) is 2.33. The largest absolute Gasteiger partial charge is 0.342 e. The summed E-state index contributed by atoms with van der Waals surface area (Å²) in [6.07, 6.45) is 2.99. The number of pyridine rings is 1. The Morgan fingerprint density at radius 2 is 1.87 bits per heavy atom. The lowest BCUT2D eigenvalue weighted by Crippen LogP contribution is -2.39. The first kappa shape index (κ1) is 15.9. The molecule has 23 heavy (non-hydrogen) atoms. The molecule has 0 spiro atoms. The van der Waals surface area contributed by atoms with Gasteiger partial charge in [-0.25, -0.2) is 13.4 Å². The molecule has 0 N–H and O–H groups in total. The quantitative estimate of drug-likeness (QED) is 0.865. The zero-order valence-electron chi connectivity index (χ0n) is 13.2. The molecule has 6 heteroatoms. The highest BCUT2D eigenvalue weighted by Crippen LogP contribution is 2.21. The first-order chi connectivity index (χ1) is 11.0. The van der Waals surface area contributed by atoms with Crippen molar-refractivity contribution < 1.29 is 13.2 Å². The fourth-order valence-electron chi connectivity index (χ4n) is 2.95. The van der Waals surface area contributed by atoms with Gasteiger partial charge < -0.3 is 4.90 Å². The van der Waals surface area contributed by atoms with Crippen molar-refractivity contribution in [1.29, 1.82) is 0 Å². The maximum atomic E-state index is 12.6. The van der Waals surface area contributed by atoms with Crippen LogP contribution in [0.4, 0.5) is 0 Å². The van der Waals surface area contributed by atoms with E-state index in [-0.39, 0.29) is 10.9 Å². The summed E-state index contributed by atoms with van der Waals surface area (Å²) in [6.45, 7) is 3.16. The number of fused-ring (bicyclic) bond motifs is 1. The predicted molar refractivity (Wildman–Crippen MR) is 89.0 cm³/mol. The number of hydrogen-bond acceptors (Lipinski definition) is 4. The van der Waals surface area contributed by atoms with Crippen molar-refractivity contribution >= 4 is 26.6 Å². The van der Waals surface area contributed by atoms with Crippen molar-refractivity contribution in [2.45, 2.75) is 31.2 Å². The molecule has 5 nitrogen and oxygen atoms in total. The fourth-order valence-corrected chi connectivity index (χ4v) is 4.20. The minimum atomic E-state index is -3.73. The van der Waals surface area contributed by atoms with Crippen LogP contribution in [0, 0.1) is 6.92 Å². The zero-order chi connectivity index (χ0) is 16.4. The summed E-state index contributed by atoms with van der Waals surface area (Å²) >= 11 is 0. The van der Waals surface area contributed by atoms with Gasteiger partial charge in [0.2, 0.25) is 15.7 Å². The van der Waals surface area contributed by atoms with Crippen LogP contribution in [0.25, 0.3) is 10.9 Å². The normalized spacial score (nSPS) is 15.8. The van der Waals surface area contributed by atoms with Crippen molar-refractivity contribution in [3.63, 3.8) is 0 Å². The maximum absolute atomic E-state index is 12.6. The van der Waals surface area contributed by atoms with Crippen molar-refractivity contribution in [2.24, 2.45) is 0 Å². The Morgan fingerprint density at radius 1 is 1.17 bits per heavy atom. The van der Waals surface area contributed by atoms with Crippen LogP contribution >= 0.6 is 0 Å². The molecule has 2 aromatic rings. The van der Waals surface area contributed by atoms with Crippen LogP contribution in [0.3, 0.4) is 0 Å². The molecule has 0 radical (unpaired) electrons. The highest BCUT2D eigenvalue weighted by Gasteiger charge is 2.26. The lowest BCUT2D eigenvalue weighted by Gasteiger charge is -2.26. The van der Waals surface area contributed by atoms with Gasteiger partial charge in [0, 0.05) is 18.5 Å². The average molecular weight is 332 g/mol. The summed E-state index contributed by atoms with van der Waals surface area (Å²) in [5.41, 5.74) is 1.48. The number of hydrogen-bond donors (Lipinski definition) is 0. The number of rotatable bonds is 3. The molecule has 1 fully saturated rings. The van der Waals surface area contributed by atoms with E-state index in [1.165, 1.54) is 0 Å². The van der Waals surface area contributed by atoms with Gasteiger partial charge in [-0.1, -0.05) is 18.2 Å². The highest BCUT2D eigenvalue weighted by atomic mass is 32.2. The first-order valence-corrected chi connectivity index (χ1v) is 9.49. The molecule has 1 amide bonds. The summed E-state index contributed by atoms with van der Waals surface area (Å²) in [7, 11) is -3.73. The van der Waals surface area contributed by atoms with E-state index in [2.05, 4.69) is 4.98 Å². The van der Waals surface area contributed by atoms with Gasteiger partial charge in [0.15, 0.2) is 5.03 Å². The number of para-hydroxylation sites is 1. The Bertz CT molecular complexity index is 840. The highest BCUT2D eigenvalue weighted by molar-refractivity contribution is 7.92. The number of aromatic nitrogens is 1. The molecule has 1 aliphatic rings. The van der Waals surface area contributed by atoms with Crippen LogP contribution in [0.2, 0.25) is 0 Å². The second-order valence-corrected chi connectivity index (χ2v) is 7.93. The molecule has 1 saturated heterocycles. The molecular formula is C17H20N2O3S. The number of aryl methyl sites for hydroxylation is 1. The van der Waals surface area contributed by atoms with Crippen LogP contribution in [-0.4, -0.2) is 43.1 Å². The second-order valence-electron chi connectivity index (χ2n) is 6.00. The Balaban J connectivity index is 1.88. The van der Waals surface area contributed by atoms with Gasteiger partial charge in [0.25, 0.3) is 0 Å². The van der Waals surface area contributed by atoms with E-state index >= 15 is 0 Å². The molecule has 1 aromatic heterocycles. The molecule has 0 saturated carbocycles. The van der Waals surface area contributed by atoms with E-state index < -0.39 is 15.6 Å². The number of sulfone groups is 1. The summed E-state index contributed by atoms with van der Waals surface area (Å²) < 4.78 is 25.1. The van der Waals surface area contributed by atoms with E-state index in [0.717, 1.165) is 30.2 Å². The standard InChI is InChI=1S/C17H20N2O3S/c1-13-11-16(18-15-8-4-3-7-14(13)15)23(21,22)12-17(20)19-9-5-2-6-10-19/h3-4,7-8,11H,2,5-6,9-10,12H2,1H3. The third-order valence-corrected chi connectivity index (χ3v) is 5.71. The zero-order valence-corrected chi connectivity index (χ0v) is 14.0. The van der Waals surface area contributed by atoms with Gasteiger partial charge in [0.1, 0.15) is 5.75 Å². The second kappa shape index (κ2) is 6.28. The Kier molecular flexibility index (Phi) is 4.35. The topological polar surface area (TPSA) is 67.3 Å². The molecule has 122 valence electrons. The molecule has 0 unspecified atom stereocenters. The smallest absolute Gasteiger partial charge is 0.238 e. The number of nitrogens with zero attached hydrogens (tertiary/aromatic N) is 2. The molecule has 0 bridgehead atoms.